The van der Waals surface area contributed by atoms with Crippen LogP contribution in [0.4, 0.5) is 0 Å². The van der Waals surface area contributed by atoms with Crippen molar-refractivity contribution in [2.75, 3.05) is 0 Å². The lowest BCUT2D eigenvalue weighted by Gasteiger charge is -2.61. The summed E-state index contributed by atoms with van der Waals surface area (Å²) < 4.78 is 11.6. The van der Waals surface area contributed by atoms with E-state index in [1.165, 1.54) is 159 Å². The van der Waals surface area contributed by atoms with E-state index < -0.39 is 0 Å². The van der Waals surface area contributed by atoms with Gasteiger partial charge in [0.05, 0.1) is 27.8 Å². The molecule has 0 amide bonds. The fraction of sp³-hybridized carbons (Fsp3) is 0.210. The van der Waals surface area contributed by atoms with Gasteiger partial charge in [0.15, 0.2) is 0 Å². The second kappa shape index (κ2) is 17.3. The SMILES string of the molecule is CC(C)(C)c1ccc2c(c1)c1ccc(-c3ccc4c5ccccc5n(-c5ccc6c(c5)C(C)(C)c5ccccc5-6)c4c3)cc1n2-c1cccc2c(-c3ccc4c(c3)C3(c5ccc(Oc6ccccc6)cc5-4)C4CC5CC(C4)CC3C5)cccc12. The molecule has 2 aromatic heterocycles. The Hall–Kier alpha value is -8.92. The van der Waals surface area contributed by atoms with Crippen LogP contribution in [0.3, 0.4) is 0 Å². The van der Waals surface area contributed by atoms with Gasteiger partial charge in [0.25, 0.3) is 0 Å². The predicted molar refractivity (Wildman–Crippen MR) is 350 cm³/mol. The highest BCUT2D eigenvalue weighted by atomic mass is 16.5. The van der Waals surface area contributed by atoms with Gasteiger partial charge in [0.2, 0.25) is 0 Å². The largest absolute Gasteiger partial charge is 0.457 e. The molecule has 0 aliphatic heterocycles. The zero-order valence-corrected chi connectivity index (χ0v) is 48.5. The molecule has 6 aliphatic carbocycles. The van der Waals surface area contributed by atoms with Gasteiger partial charge in [-0.2, -0.15) is 0 Å². The molecule has 4 saturated carbocycles. The number of hydrogen-bond donors (Lipinski definition) is 0. The van der Waals surface area contributed by atoms with E-state index in [0.717, 1.165) is 23.3 Å². The lowest BCUT2D eigenvalue weighted by atomic mass is 9.43. The summed E-state index contributed by atoms with van der Waals surface area (Å²) in [6.45, 7) is 11.7. The highest BCUT2D eigenvalue weighted by Crippen LogP contribution is 2.70. The smallest absolute Gasteiger partial charge is 0.128 e. The van der Waals surface area contributed by atoms with E-state index in [-0.39, 0.29) is 16.2 Å². The lowest BCUT2D eigenvalue weighted by Crippen LogP contribution is -2.55. The average Bonchev–Trinajstić information content (AvgIpc) is 1.60. The van der Waals surface area contributed by atoms with Crippen molar-refractivity contribution in [3.63, 3.8) is 0 Å². The average molecular weight is 1080 g/mol. The molecule has 4 bridgehead atoms. The molecule has 84 heavy (non-hydrogen) atoms. The van der Waals surface area contributed by atoms with Crippen LogP contribution in [0.2, 0.25) is 0 Å². The van der Waals surface area contributed by atoms with Crippen LogP contribution in [0.5, 0.6) is 11.5 Å². The maximum absolute atomic E-state index is 6.57. The maximum Gasteiger partial charge on any atom is 0.128 e. The van der Waals surface area contributed by atoms with Crippen LogP contribution >= 0.6 is 0 Å². The van der Waals surface area contributed by atoms with Crippen LogP contribution in [0.15, 0.2) is 224 Å². The Morgan fingerprint density at radius 1 is 0.369 bits per heavy atom. The van der Waals surface area contributed by atoms with E-state index in [2.05, 4.69) is 268 Å². The van der Waals surface area contributed by atoms with Crippen molar-refractivity contribution in [3.05, 3.63) is 252 Å². The number of ether oxygens (including phenoxy) is 1. The highest BCUT2D eigenvalue weighted by molar-refractivity contribution is 6.14. The third-order valence-corrected chi connectivity index (χ3v) is 21.5. The molecule has 11 aromatic carbocycles. The van der Waals surface area contributed by atoms with Crippen molar-refractivity contribution in [3.8, 4) is 67.4 Å². The van der Waals surface area contributed by atoms with Gasteiger partial charge < -0.3 is 13.9 Å². The Labute approximate surface area is 491 Å². The second-order valence-electron chi connectivity index (χ2n) is 27.3. The molecule has 2 heterocycles. The Morgan fingerprint density at radius 3 is 1.79 bits per heavy atom. The first kappa shape index (κ1) is 48.6. The van der Waals surface area contributed by atoms with Crippen LogP contribution in [-0.4, -0.2) is 9.13 Å². The molecule has 0 saturated heterocycles. The Kier molecular flexibility index (Phi) is 10.0. The molecule has 3 heteroatoms. The zero-order valence-electron chi connectivity index (χ0n) is 48.5. The molecule has 0 unspecified atom stereocenters. The molecule has 3 nitrogen and oxygen atoms in total. The first-order chi connectivity index (χ1) is 41.0. The number of nitrogens with zero attached hydrogens (tertiary/aromatic N) is 2. The minimum absolute atomic E-state index is 0.00592. The van der Waals surface area contributed by atoms with E-state index in [1.54, 1.807) is 11.1 Å². The van der Waals surface area contributed by atoms with Crippen molar-refractivity contribution in [2.45, 2.75) is 83.0 Å². The summed E-state index contributed by atoms with van der Waals surface area (Å²) >= 11 is 0. The Balaban J connectivity index is 0.795. The molecule has 13 aromatic rings. The summed E-state index contributed by atoms with van der Waals surface area (Å²) in [7, 11) is 0. The Morgan fingerprint density at radius 2 is 0.988 bits per heavy atom. The number of rotatable bonds is 6. The van der Waals surface area contributed by atoms with Crippen molar-refractivity contribution in [1.82, 2.24) is 9.13 Å². The van der Waals surface area contributed by atoms with Crippen molar-refractivity contribution < 1.29 is 4.74 Å². The van der Waals surface area contributed by atoms with Gasteiger partial charge in [-0.15, -0.1) is 0 Å². The van der Waals surface area contributed by atoms with Gasteiger partial charge in [-0.1, -0.05) is 180 Å². The fourth-order valence-corrected chi connectivity index (χ4v) is 18.0. The topological polar surface area (TPSA) is 19.1 Å². The molecule has 406 valence electrons. The normalized spacial score (nSPS) is 20.6. The summed E-state index contributed by atoms with van der Waals surface area (Å²) in [4.78, 5) is 0. The van der Waals surface area contributed by atoms with Gasteiger partial charge >= 0.3 is 0 Å². The van der Waals surface area contributed by atoms with E-state index in [4.69, 9.17) is 4.74 Å². The monoisotopic (exact) mass is 1080 g/mol. The first-order valence-corrected chi connectivity index (χ1v) is 30.9. The fourth-order valence-electron chi connectivity index (χ4n) is 18.0. The second-order valence-corrected chi connectivity index (χ2v) is 27.3. The van der Waals surface area contributed by atoms with Gasteiger partial charge in [-0.3, -0.25) is 0 Å². The van der Waals surface area contributed by atoms with Gasteiger partial charge in [0, 0.05) is 43.4 Å². The number of benzene rings is 11. The van der Waals surface area contributed by atoms with E-state index in [1.807, 2.05) is 0 Å². The van der Waals surface area contributed by atoms with Crippen LogP contribution in [0, 0.1) is 23.7 Å². The standard InChI is InChI=1S/C81H66N2O/c1-79(2,3)53-28-36-76-69(45-53)67-33-26-51(50-25-32-66-65-18-10-12-23-74(65)82(77(66)43-50)56-29-34-62-61-17-9-11-22-70(61)80(4,5)72(62)46-56)44-78(67)83(76)75-24-14-20-60-59(19-13-21-64(60)75)52-27-31-63-68-47-58(84-57-15-7-6-8-16-57)30-35-71(68)81(73(63)42-52)54-38-48-37-49(40-54)41-55(81)39-48/h6-36,42-49,54-55H,37-41H2,1-5H3. The molecule has 0 atom stereocenters. The van der Waals surface area contributed by atoms with Crippen LogP contribution < -0.4 is 4.74 Å². The third kappa shape index (κ3) is 6.76. The van der Waals surface area contributed by atoms with E-state index in [9.17, 15) is 0 Å². The van der Waals surface area contributed by atoms with Gasteiger partial charge in [-0.05, 0) is 218 Å². The van der Waals surface area contributed by atoms with Gasteiger partial charge in [-0.25, -0.2) is 0 Å². The van der Waals surface area contributed by atoms with E-state index >= 15 is 0 Å². The number of hydrogen-bond acceptors (Lipinski definition) is 1. The maximum atomic E-state index is 6.57. The highest BCUT2D eigenvalue weighted by Gasteiger charge is 2.61. The molecule has 19 rings (SSSR count). The molecular formula is C81H66N2O. The number of para-hydroxylation sites is 2. The summed E-state index contributed by atoms with van der Waals surface area (Å²) in [6.07, 6.45) is 6.81. The molecular weight excluding hydrogens is 1020 g/mol. The number of aromatic nitrogens is 2. The van der Waals surface area contributed by atoms with Crippen LogP contribution in [-0.2, 0) is 16.2 Å². The first-order valence-electron chi connectivity index (χ1n) is 30.9. The number of fused-ring (bicyclic) bond motifs is 13. The molecule has 0 N–H and O–H groups in total. The molecule has 4 fully saturated rings. The van der Waals surface area contributed by atoms with Crippen LogP contribution in [0.25, 0.3) is 110 Å². The summed E-state index contributed by atoms with van der Waals surface area (Å²) in [5.74, 6) is 4.84. The minimum atomic E-state index is -0.101. The lowest BCUT2D eigenvalue weighted by molar-refractivity contribution is -0.0399. The molecule has 1 spiro atoms. The van der Waals surface area contributed by atoms with Gasteiger partial charge in [0.1, 0.15) is 11.5 Å². The summed E-state index contributed by atoms with van der Waals surface area (Å²) in [6, 6.07) is 85.6. The Bertz CT molecular complexity index is 4930. The third-order valence-electron chi connectivity index (χ3n) is 21.5. The summed E-state index contributed by atoms with van der Waals surface area (Å²) in [5, 5.41) is 7.60. The quantitative estimate of drug-likeness (QED) is 0.162. The van der Waals surface area contributed by atoms with Crippen molar-refractivity contribution in [1.29, 1.82) is 0 Å². The van der Waals surface area contributed by atoms with Crippen molar-refractivity contribution >= 4 is 54.4 Å². The molecule has 0 radical (unpaired) electrons. The zero-order chi connectivity index (χ0) is 56.0. The predicted octanol–water partition coefficient (Wildman–Crippen LogP) is 21.5. The molecule has 6 aliphatic rings. The van der Waals surface area contributed by atoms with Crippen LogP contribution in [0.1, 0.15) is 94.5 Å². The van der Waals surface area contributed by atoms with E-state index in [0.29, 0.717) is 11.8 Å². The summed E-state index contributed by atoms with van der Waals surface area (Å²) in [5.41, 5.74) is 24.8. The van der Waals surface area contributed by atoms with Crippen molar-refractivity contribution in [2.24, 2.45) is 23.7 Å². The minimum Gasteiger partial charge on any atom is -0.457 e.